The average molecular weight is 538 g/mol. The number of halogens is 3. The van der Waals surface area contributed by atoms with Gasteiger partial charge in [-0.05, 0) is 39.1 Å². The number of nitrogens with one attached hydrogen (secondary N) is 2. The first-order valence-electron chi connectivity index (χ1n) is 11.2. The topological polar surface area (TPSA) is 122 Å². The van der Waals surface area contributed by atoms with Crippen molar-refractivity contribution in [1.29, 1.82) is 0 Å². The number of anilines is 1. The molecule has 3 heterocycles. The number of hydrogen-bond donors (Lipinski definition) is 2. The van der Waals surface area contributed by atoms with E-state index in [-0.39, 0.29) is 34.3 Å². The Balaban J connectivity index is 1.63. The fourth-order valence-corrected chi connectivity index (χ4v) is 3.89. The molecule has 3 aromatic rings. The number of thiazole rings is 1. The Hall–Kier alpha value is -3.65. The summed E-state index contributed by atoms with van der Waals surface area (Å²) in [6.07, 6.45) is -0.814. The van der Waals surface area contributed by atoms with Gasteiger partial charge in [-0.15, -0.1) is 11.3 Å². The highest BCUT2D eigenvalue weighted by Crippen LogP contribution is 2.33. The summed E-state index contributed by atoms with van der Waals surface area (Å²) in [5.41, 5.74) is -0.720. The molecule has 2 N–H and O–H groups in total. The van der Waals surface area contributed by atoms with Crippen molar-refractivity contribution in [2.24, 2.45) is 0 Å². The second kappa shape index (κ2) is 12.1. The van der Waals surface area contributed by atoms with Crippen molar-refractivity contribution in [2.45, 2.75) is 32.5 Å². The molecule has 3 aromatic heterocycles. The van der Waals surface area contributed by atoms with Crippen LogP contribution >= 0.6 is 11.3 Å². The zero-order valence-corrected chi connectivity index (χ0v) is 21.4. The number of carbonyl (C=O) groups excluding carboxylic acids is 2. The number of amides is 2. The maximum absolute atomic E-state index is 13.3. The van der Waals surface area contributed by atoms with Crippen LogP contribution in [0, 0.1) is 0 Å². The van der Waals surface area contributed by atoms with E-state index in [1.807, 2.05) is 19.0 Å². The van der Waals surface area contributed by atoms with E-state index in [1.54, 1.807) is 13.8 Å². The van der Waals surface area contributed by atoms with Gasteiger partial charge in [0.25, 0.3) is 11.8 Å². The van der Waals surface area contributed by atoms with E-state index in [1.165, 1.54) is 18.6 Å². The smallest absolute Gasteiger partial charge is 0.416 e. The van der Waals surface area contributed by atoms with E-state index in [9.17, 15) is 22.8 Å². The Morgan fingerprint density at radius 1 is 1.11 bits per heavy atom. The van der Waals surface area contributed by atoms with E-state index in [2.05, 4.69) is 30.6 Å². The van der Waals surface area contributed by atoms with Gasteiger partial charge >= 0.3 is 6.18 Å². The van der Waals surface area contributed by atoms with Crippen LogP contribution in [0.4, 0.5) is 19.0 Å². The average Bonchev–Trinajstić information content (AvgIpc) is 3.34. The SMILES string of the molecule is CCc1cnc(NC(=O)c2cnc(C(C)NC(=O)c3cc(OCCN(C)C)ncn3)s2)cc1C(F)(F)F. The Morgan fingerprint density at radius 3 is 2.54 bits per heavy atom. The summed E-state index contributed by atoms with van der Waals surface area (Å²) in [4.78, 5) is 43.3. The van der Waals surface area contributed by atoms with Gasteiger partial charge in [-0.2, -0.15) is 13.2 Å². The summed E-state index contributed by atoms with van der Waals surface area (Å²) in [5.74, 6) is -1.12. The largest absolute Gasteiger partial charge is 0.476 e. The molecular weight excluding hydrogens is 511 g/mol. The van der Waals surface area contributed by atoms with Crippen molar-refractivity contribution >= 4 is 29.0 Å². The number of aromatic nitrogens is 4. The molecule has 1 unspecified atom stereocenters. The molecule has 1 atom stereocenters. The van der Waals surface area contributed by atoms with Crippen LogP contribution in [0.15, 0.2) is 30.9 Å². The molecule has 0 aliphatic rings. The number of nitrogens with zero attached hydrogens (tertiary/aromatic N) is 5. The summed E-state index contributed by atoms with van der Waals surface area (Å²) in [5, 5.41) is 5.53. The summed E-state index contributed by atoms with van der Waals surface area (Å²) in [6.45, 7) is 4.33. The number of pyridine rings is 1. The summed E-state index contributed by atoms with van der Waals surface area (Å²) < 4.78 is 45.4. The van der Waals surface area contributed by atoms with Crippen molar-refractivity contribution in [2.75, 3.05) is 32.6 Å². The van der Waals surface area contributed by atoms with E-state index < -0.39 is 29.6 Å². The molecule has 198 valence electrons. The van der Waals surface area contributed by atoms with E-state index in [0.717, 1.165) is 23.6 Å². The predicted molar refractivity (Wildman–Crippen MR) is 131 cm³/mol. The number of likely N-dealkylation sites (N-methyl/N-ethyl adjacent to an activating group) is 1. The second-order valence-electron chi connectivity index (χ2n) is 8.18. The molecule has 2 amide bonds. The van der Waals surface area contributed by atoms with Gasteiger partial charge in [0, 0.05) is 18.8 Å². The van der Waals surface area contributed by atoms with Crippen LogP contribution in [-0.2, 0) is 12.6 Å². The van der Waals surface area contributed by atoms with Crippen molar-refractivity contribution in [3.05, 3.63) is 57.6 Å². The van der Waals surface area contributed by atoms with E-state index >= 15 is 0 Å². The minimum atomic E-state index is -4.57. The number of alkyl halides is 3. The van der Waals surface area contributed by atoms with Crippen LogP contribution in [0.1, 0.15) is 56.2 Å². The number of carbonyl (C=O) groups is 2. The van der Waals surface area contributed by atoms with Crippen LogP contribution in [0.3, 0.4) is 0 Å². The van der Waals surface area contributed by atoms with E-state index in [0.29, 0.717) is 18.2 Å². The molecule has 0 aliphatic heterocycles. The van der Waals surface area contributed by atoms with Gasteiger partial charge in [-0.3, -0.25) is 9.59 Å². The lowest BCUT2D eigenvalue weighted by molar-refractivity contribution is -0.138. The maximum atomic E-state index is 13.3. The lowest BCUT2D eigenvalue weighted by Gasteiger charge is -2.13. The monoisotopic (exact) mass is 537 g/mol. The third kappa shape index (κ3) is 7.67. The van der Waals surface area contributed by atoms with Gasteiger partial charge in [-0.1, -0.05) is 6.92 Å². The maximum Gasteiger partial charge on any atom is 0.416 e. The number of hydrogen-bond acceptors (Lipinski definition) is 9. The first-order chi connectivity index (χ1) is 17.5. The standard InChI is InChI=1S/C23H26F3N7O3S/c1-5-14-10-27-18(8-15(14)23(24,25)26)32-21(35)17-11-28-22(37-17)13(2)31-20(34)16-9-19(30-12-29-16)36-7-6-33(3)4/h8-13H,5-7H2,1-4H3,(H,31,34)(H,27,32,35). The fraction of sp³-hybridized carbons (Fsp3) is 0.391. The molecule has 0 spiro atoms. The normalized spacial score (nSPS) is 12.3. The first kappa shape index (κ1) is 27.9. The third-order valence-electron chi connectivity index (χ3n) is 5.04. The van der Waals surface area contributed by atoms with Crippen molar-refractivity contribution in [1.82, 2.24) is 30.2 Å². The third-order valence-corrected chi connectivity index (χ3v) is 6.22. The Kier molecular flexibility index (Phi) is 9.10. The van der Waals surface area contributed by atoms with Gasteiger partial charge in [0.2, 0.25) is 5.88 Å². The number of ether oxygens (including phenoxy) is 1. The molecule has 0 bridgehead atoms. The molecule has 3 rings (SSSR count). The van der Waals surface area contributed by atoms with Crippen molar-refractivity contribution < 1.29 is 27.5 Å². The Morgan fingerprint density at radius 2 is 1.86 bits per heavy atom. The van der Waals surface area contributed by atoms with Crippen molar-refractivity contribution in [3.63, 3.8) is 0 Å². The Bertz CT molecular complexity index is 1250. The molecule has 0 saturated heterocycles. The molecule has 0 fully saturated rings. The summed E-state index contributed by atoms with van der Waals surface area (Å²) in [7, 11) is 3.81. The van der Waals surface area contributed by atoms with Gasteiger partial charge in [0.15, 0.2) is 0 Å². The summed E-state index contributed by atoms with van der Waals surface area (Å²) in [6, 6.07) is 1.65. The van der Waals surface area contributed by atoms with E-state index in [4.69, 9.17) is 4.74 Å². The highest BCUT2D eigenvalue weighted by molar-refractivity contribution is 7.13. The number of aryl methyl sites for hydroxylation is 1. The zero-order valence-electron chi connectivity index (χ0n) is 20.6. The Labute approximate surface area is 215 Å². The number of rotatable bonds is 10. The molecule has 0 aliphatic carbocycles. The summed E-state index contributed by atoms with van der Waals surface area (Å²) >= 11 is 0.990. The molecule has 10 nitrogen and oxygen atoms in total. The van der Waals surface area contributed by atoms with Gasteiger partial charge in [0.05, 0.1) is 17.8 Å². The second-order valence-corrected chi connectivity index (χ2v) is 9.25. The molecular formula is C23H26F3N7O3S. The first-order valence-corrected chi connectivity index (χ1v) is 12.0. The van der Waals surface area contributed by atoms with Crippen LogP contribution < -0.4 is 15.4 Å². The quantitative estimate of drug-likeness (QED) is 0.402. The van der Waals surface area contributed by atoms with Gasteiger partial charge in [-0.25, -0.2) is 19.9 Å². The molecule has 0 radical (unpaired) electrons. The zero-order chi connectivity index (χ0) is 27.2. The highest BCUT2D eigenvalue weighted by atomic mass is 32.1. The van der Waals surface area contributed by atoms with Crippen molar-refractivity contribution in [3.8, 4) is 5.88 Å². The highest BCUT2D eigenvalue weighted by Gasteiger charge is 2.33. The predicted octanol–water partition coefficient (Wildman–Crippen LogP) is 3.59. The lowest BCUT2D eigenvalue weighted by atomic mass is 10.1. The van der Waals surface area contributed by atoms with Crippen LogP contribution in [0.2, 0.25) is 0 Å². The van der Waals surface area contributed by atoms with Gasteiger partial charge in [0.1, 0.15) is 34.3 Å². The lowest BCUT2D eigenvalue weighted by Crippen LogP contribution is -2.27. The van der Waals surface area contributed by atoms with Gasteiger partial charge < -0.3 is 20.3 Å². The van der Waals surface area contributed by atoms with Crippen LogP contribution in [0.5, 0.6) is 5.88 Å². The minimum absolute atomic E-state index is 0.0334. The van der Waals surface area contributed by atoms with Crippen LogP contribution in [0.25, 0.3) is 0 Å². The molecule has 37 heavy (non-hydrogen) atoms. The molecule has 0 aromatic carbocycles. The van der Waals surface area contributed by atoms with Crippen LogP contribution in [-0.4, -0.2) is 63.9 Å². The fourth-order valence-electron chi connectivity index (χ4n) is 3.08. The minimum Gasteiger partial charge on any atom is -0.476 e. The molecule has 14 heteroatoms. The molecule has 0 saturated carbocycles.